The molecule has 3 heteroatoms. The third-order valence-corrected chi connectivity index (χ3v) is 2.50. The minimum absolute atomic E-state index is 0.0490. The molecular weight excluding hydrogens is 212 g/mol. The van der Waals surface area contributed by atoms with Gasteiger partial charge in [0.25, 0.3) is 5.91 Å². The standard InChI is InChI=1S/C14H22N2O/c1-6-10-8-7-9-11(13(17)15-5)12(10)16-14(2,3)4/h7-9,16H,6H2,1-5H3,(H,15,17). The summed E-state index contributed by atoms with van der Waals surface area (Å²) in [5.74, 6) is -0.0490. The Labute approximate surface area is 104 Å². The van der Waals surface area contributed by atoms with E-state index in [0.29, 0.717) is 5.56 Å². The highest BCUT2D eigenvalue weighted by Crippen LogP contribution is 2.25. The van der Waals surface area contributed by atoms with Crippen LogP contribution < -0.4 is 10.6 Å². The third-order valence-electron chi connectivity index (χ3n) is 2.50. The SMILES string of the molecule is CCc1cccc(C(=O)NC)c1NC(C)(C)C. The molecule has 0 atom stereocenters. The topological polar surface area (TPSA) is 41.1 Å². The lowest BCUT2D eigenvalue weighted by molar-refractivity contribution is 0.0964. The van der Waals surface area contributed by atoms with Gasteiger partial charge in [-0.05, 0) is 38.8 Å². The van der Waals surface area contributed by atoms with Gasteiger partial charge in [-0.15, -0.1) is 0 Å². The molecule has 0 aliphatic carbocycles. The monoisotopic (exact) mass is 234 g/mol. The van der Waals surface area contributed by atoms with Crippen molar-refractivity contribution in [1.82, 2.24) is 5.32 Å². The molecule has 0 bridgehead atoms. The molecule has 0 aliphatic rings. The highest BCUT2D eigenvalue weighted by atomic mass is 16.1. The predicted molar refractivity (Wildman–Crippen MR) is 72.6 cm³/mol. The summed E-state index contributed by atoms with van der Waals surface area (Å²) in [7, 11) is 1.65. The van der Waals surface area contributed by atoms with Crippen molar-refractivity contribution in [3.63, 3.8) is 0 Å². The molecule has 94 valence electrons. The van der Waals surface area contributed by atoms with E-state index >= 15 is 0 Å². The average Bonchev–Trinajstić information content (AvgIpc) is 2.26. The fourth-order valence-electron chi connectivity index (χ4n) is 1.74. The van der Waals surface area contributed by atoms with Gasteiger partial charge in [-0.25, -0.2) is 0 Å². The van der Waals surface area contributed by atoms with E-state index in [4.69, 9.17) is 0 Å². The summed E-state index contributed by atoms with van der Waals surface area (Å²) in [4.78, 5) is 11.8. The number of hydrogen-bond donors (Lipinski definition) is 2. The molecule has 0 saturated heterocycles. The van der Waals surface area contributed by atoms with E-state index < -0.39 is 0 Å². The van der Waals surface area contributed by atoms with Crippen LogP contribution in [0.5, 0.6) is 0 Å². The number of benzene rings is 1. The molecule has 0 unspecified atom stereocenters. The van der Waals surface area contributed by atoms with Gasteiger partial charge in [0.1, 0.15) is 0 Å². The highest BCUT2D eigenvalue weighted by Gasteiger charge is 2.17. The second-order valence-corrected chi connectivity index (χ2v) is 5.15. The van der Waals surface area contributed by atoms with Gasteiger partial charge in [-0.1, -0.05) is 19.1 Å². The second-order valence-electron chi connectivity index (χ2n) is 5.15. The maximum Gasteiger partial charge on any atom is 0.253 e. The number of para-hydroxylation sites is 1. The Morgan fingerprint density at radius 3 is 2.41 bits per heavy atom. The van der Waals surface area contributed by atoms with Crippen molar-refractivity contribution in [2.24, 2.45) is 0 Å². The molecule has 0 saturated carbocycles. The highest BCUT2D eigenvalue weighted by molar-refractivity contribution is 6.00. The molecular formula is C14H22N2O. The van der Waals surface area contributed by atoms with E-state index in [0.717, 1.165) is 12.1 Å². The van der Waals surface area contributed by atoms with Crippen LogP contribution in [0.4, 0.5) is 5.69 Å². The van der Waals surface area contributed by atoms with Crippen molar-refractivity contribution in [2.45, 2.75) is 39.7 Å². The van der Waals surface area contributed by atoms with E-state index in [1.807, 2.05) is 12.1 Å². The number of carbonyl (C=O) groups excluding carboxylic acids is 1. The van der Waals surface area contributed by atoms with Crippen LogP contribution in [0, 0.1) is 0 Å². The molecule has 1 aromatic rings. The first-order valence-corrected chi connectivity index (χ1v) is 6.01. The quantitative estimate of drug-likeness (QED) is 0.844. The summed E-state index contributed by atoms with van der Waals surface area (Å²) < 4.78 is 0. The first-order valence-electron chi connectivity index (χ1n) is 6.01. The smallest absolute Gasteiger partial charge is 0.253 e. The third kappa shape index (κ3) is 3.48. The van der Waals surface area contributed by atoms with E-state index in [-0.39, 0.29) is 11.4 Å². The lowest BCUT2D eigenvalue weighted by Gasteiger charge is -2.25. The minimum atomic E-state index is -0.0615. The molecule has 0 aliphatic heterocycles. The van der Waals surface area contributed by atoms with Crippen LogP contribution in [-0.2, 0) is 6.42 Å². The van der Waals surface area contributed by atoms with Crippen molar-refractivity contribution >= 4 is 11.6 Å². The van der Waals surface area contributed by atoms with Crippen LogP contribution in [0.3, 0.4) is 0 Å². The molecule has 2 N–H and O–H groups in total. The van der Waals surface area contributed by atoms with E-state index in [9.17, 15) is 4.79 Å². The molecule has 17 heavy (non-hydrogen) atoms. The summed E-state index contributed by atoms with van der Waals surface area (Å²) in [6, 6.07) is 5.84. The van der Waals surface area contributed by atoms with Crippen LogP contribution >= 0.6 is 0 Å². The summed E-state index contributed by atoms with van der Waals surface area (Å²) in [6.07, 6.45) is 0.906. The van der Waals surface area contributed by atoms with Gasteiger partial charge >= 0.3 is 0 Å². The number of anilines is 1. The summed E-state index contributed by atoms with van der Waals surface area (Å²) in [5, 5.41) is 6.10. The van der Waals surface area contributed by atoms with Crippen molar-refractivity contribution in [3.05, 3.63) is 29.3 Å². The largest absolute Gasteiger partial charge is 0.380 e. The van der Waals surface area contributed by atoms with Crippen molar-refractivity contribution in [3.8, 4) is 0 Å². The molecule has 0 aromatic heterocycles. The second kappa shape index (κ2) is 5.21. The van der Waals surface area contributed by atoms with Gasteiger partial charge in [0.2, 0.25) is 0 Å². The Morgan fingerprint density at radius 1 is 1.29 bits per heavy atom. The lowest BCUT2D eigenvalue weighted by atomic mass is 10.0. The molecule has 3 nitrogen and oxygen atoms in total. The molecule has 0 fully saturated rings. The normalized spacial score (nSPS) is 11.1. The maximum atomic E-state index is 11.8. The zero-order chi connectivity index (χ0) is 13.1. The molecule has 1 aromatic carbocycles. The fraction of sp³-hybridized carbons (Fsp3) is 0.500. The van der Waals surface area contributed by atoms with Crippen LogP contribution in [-0.4, -0.2) is 18.5 Å². The summed E-state index contributed by atoms with van der Waals surface area (Å²) in [6.45, 7) is 8.37. The van der Waals surface area contributed by atoms with Crippen LogP contribution in [0.15, 0.2) is 18.2 Å². The van der Waals surface area contributed by atoms with Gasteiger partial charge in [0.05, 0.1) is 11.3 Å². The molecule has 0 radical (unpaired) electrons. The van der Waals surface area contributed by atoms with Gasteiger partial charge in [-0.2, -0.15) is 0 Å². The number of hydrogen-bond acceptors (Lipinski definition) is 2. The predicted octanol–water partition coefficient (Wildman–Crippen LogP) is 2.82. The van der Waals surface area contributed by atoms with Gasteiger partial charge in [-0.3, -0.25) is 4.79 Å². The van der Waals surface area contributed by atoms with Crippen LogP contribution in [0.2, 0.25) is 0 Å². The first kappa shape index (κ1) is 13.6. The molecule has 1 amide bonds. The Kier molecular flexibility index (Phi) is 4.16. The maximum absolute atomic E-state index is 11.8. The lowest BCUT2D eigenvalue weighted by Crippen LogP contribution is -2.29. The Bertz CT molecular complexity index is 405. The van der Waals surface area contributed by atoms with Gasteiger partial charge < -0.3 is 10.6 Å². The van der Waals surface area contributed by atoms with Gasteiger partial charge in [0, 0.05) is 12.6 Å². The summed E-state index contributed by atoms with van der Waals surface area (Å²) in [5.41, 5.74) is 2.76. The zero-order valence-electron chi connectivity index (χ0n) is 11.3. The fourth-order valence-corrected chi connectivity index (χ4v) is 1.74. The molecule has 0 spiro atoms. The number of nitrogens with one attached hydrogen (secondary N) is 2. The van der Waals surface area contributed by atoms with Crippen LogP contribution in [0.1, 0.15) is 43.6 Å². The van der Waals surface area contributed by atoms with E-state index in [2.05, 4.69) is 44.4 Å². The number of carbonyl (C=O) groups is 1. The molecule has 1 rings (SSSR count). The average molecular weight is 234 g/mol. The van der Waals surface area contributed by atoms with Crippen molar-refractivity contribution in [2.75, 3.05) is 12.4 Å². The van der Waals surface area contributed by atoms with Crippen LogP contribution in [0.25, 0.3) is 0 Å². The van der Waals surface area contributed by atoms with E-state index in [1.54, 1.807) is 7.05 Å². The number of rotatable bonds is 3. The number of amides is 1. The minimum Gasteiger partial charge on any atom is -0.380 e. The Morgan fingerprint density at radius 2 is 1.94 bits per heavy atom. The number of aryl methyl sites for hydroxylation is 1. The first-order chi connectivity index (χ1) is 7.89. The Hall–Kier alpha value is -1.51. The zero-order valence-corrected chi connectivity index (χ0v) is 11.3. The Balaban J connectivity index is 3.25. The van der Waals surface area contributed by atoms with E-state index in [1.165, 1.54) is 5.56 Å². The van der Waals surface area contributed by atoms with Crippen molar-refractivity contribution in [1.29, 1.82) is 0 Å². The summed E-state index contributed by atoms with van der Waals surface area (Å²) >= 11 is 0. The van der Waals surface area contributed by atoms with Crippen molar-refractivity contribution < 1.29 is 4.79 Å². The molecule has 0 heterocycles. The van der Waals surface area contributed by atoms with Gasteiger partial charge in [0.15, 0.2) is 0 Å².